The number of rotatable bonds is 6. The lowest BCUT2D eigenvalue weighted by Crippen LogP contribution is -2.21. The van der Waals surface area contributed by atoms with Gasteiger partial charge in [0.1, 0.15) is 18.1 Å². The van der Waals surface area contributed by atoms with E-state index in [0.29, 0.717) is 18.8 Å². The largest absolute Gasteiger partial charge is 0.508 e. The summed E-state index contributed by atoms with van der Waals surface area (Å²) in [7, 11) is 0. The minimum atomic E-state index is 0.0805. The number of benzene rings is 2. The van der Waals surface area contributed by atoms with E-state index in [1.54, 1.807) is 6.07 Å². The van der Waals surface area contributed by atoms with Gasteiger partial charge in [-0.15, -0.1) is 0 Å². The van der Waals surface area contributed by atoms with Crippen molar-refractivity contribution in [2.45, 2.75) is 32.4 Å². The Bertz CT molecular complexity index is 540. The zero-order chi connectivity index (χ0) is 14.4. The summed E-state index contributed by atoms with van der Waals surface area (Å²) in [6, 6.07) is 15.4. The molecule has 0 spiro atoms. The number of phenols is 1. The third-order valence-electron chi connectivity index (χ3n) is 3.31. The van der Waals surface area contributed by atoms with Crippen molar-refractivity contribution < 1.29 is 9.84 Å². The smallest absolute Gasteiger partial charge is 0.123 e. The van der Waals surface area contributed by atoms with Crippen molar-refractivity contribution in [3.63, 3.8) is 0 Å². The quantitative estimate of drug-likeness (QED) is 0.848. The molecule has 0 fully saturated rings. The molecule has 1 unspecified atom stereocenters. The third kappa shape index (κ3) is 4.00. The van der Waals surface area contributed by atoms with Crippen LogP contribution in [-0.2, 0) is 13.0 Å². The van der Waals surface area contributed by atoms with Gasteiger partial charge in [-0.25, -0.2) is 0 Å². The first-order valence-electron chi connectivity index (χ1n) is 6.93. The highest BCUT2D eigenvalue weighted by molar-refractivity contribution is 5.40. The summed E-state index contributed by atoms with van der Waals surface area (Å²) >= 11 is 0. The predicted octanol–water partition coefficient (Wildman–Crippen LogP) is 3.25. The summed E-state index contributed by atoms with van der Waals surface area (Å²) in [5.74, 6) is 0.916. The molecule has 0 saturated carbocycles. The fourth-order valence-corrected chi connectivity index (χ4v) is 1.97. The Labute approximate surface area is 120 Å². The zero-order valence-corrected chi connectivity index (χ0v) is 11.8. The maximum atomic E-state index is 10.00. The van der Waals surface area contributed by atoms with Crippen molar-refractivity contribution in [3.8, 4) is 11.5 Å². The summed E-state index contributed by atoms with van der Waals surface area (Å²) in [4.78, 5) is 0. The molecule has 0 saturated heterocycles. The van der Waals surface area contributed by atoms with Gasteiger partial charge in [-0.3, -0.25) is 0 Å². The molecule has 3 heteroatoms. The molecule has 3 nitrogen and oxygen atoms in total. The number of hydrogen-bond acceptors (Lipinski definition) is 3. The molecule has 0 bridgehead atoms. The molecule has 0 amide bonds. The predicted molar refractivity (Wildman–Crippen MR) is 80.9 cm³/mol. The number of aromatic hydroxyl groups is 1. The minimum Gasteiger partial charge on any atom is -0.508 e. The maximum absolute atomic E-state index is 10.00. The van der Waals surface area contributed by atoms with Crippen LogP contribution in [0.2, 0.25) is 0 Å². The Hall–Kier alpha value is -2.00. The monoisotopic (exact) mass is 271 g/mol. The Kier molecular flexibility index (Phi) is 5.02. The van der Waals surface area contributed by atoms with E-state index in [1.807, 2.05) is 49.4 Å². The highest BCUT2D eigenvalue weighted by Gasteiger charge is 2.07. The Morgan fingerprint density at radius 2 is 1.90 bits per heavy atom. The second kappa shape index (κ2) is 6.96. The van der Waals surface area contributed by atoms with E-state index in [-0.39, 0.29) is 11.8 Å². The van der Waals surface area contributed by atoms with Crippen molar-refractivity contribution in [1.29, 1.82) is 0 Å². The van der Waals surface area contributed by atoms with Crippen molar-refractivity contribution >= 4 is 0 Å². The third-order valence-corrected chi connectivity index (χ3v) is 3.31. The van der Waals surface area contributed by atoms with Crippen molar-refractivity contribution in [2.24, 2.45) is 5.73 Å². The topological polar surface area (TPSA) is 55.5 Å². The summed E-state index contributed by atoms with van der Waals surface area (Å²) in [5, 5.41) is 10.00. The van der Waals surface area contributed by atoms with Crippen LogP contribution in [0.5, 0.6) is 11.5 Å². The van der Waals surface area contributed by atoms with Crippen molar-refractivity contribution in [2.75, 3.05) is 0 Å². The molecule has 0 aromatic heterocycles. The summed E-state index contributed by atoms with van der Waals surface area (Å²) < 4.78 is 5.67. The lowest BCUT2D eigenvalue weighted by atomic mass is 10.0. The van der Waals surface area contributed by atoms with Gasteiger partial charge >= 0.3 is 0 Å². The van der Waals surface area contributed by atoms with E-state index in [9.17, 15) is 5.11 Å². The van der Waals surface area contributed by atoms with Gasteiger partial charge in [0.2, 0.25) is 0 Å². The Morgan fingerprint density at radius 1 is 1.15 bits per heavy atom. The molecule has 0 radical (unpaired) electrons. The van der Waals surface area contributed by atoms with E-state index in [0.717, 1.165) is 17.5 Å². The van der Waals surface area contributed by atoms with E-state index in [4.69, 9.17) is 10.5 Å². The molecule has 106 valence electrons. The van der Waals surface area contributed by atoms with Crippen molar-refractivity contribution in [3.05, 3.63) is 59.7 Å². The molecule has 2 aromatic carbocycles. The normalized spacial score (nSPS) is 12.1. The number of phenolic OH excluding ortho intramolecular Hbond substituents is 1. The summed E-state index contributed by atoms with van der Waals surface area (Å²) in [6.07, 6.45) is 1.58. The zero-order valence-electron chi connectivity index (χ0n) is 11.8. The van der Waals surface area contributed by atoms with Gasteiger partial charge in [0.15, 0.2) is 0 Å². The molecular formula is C17H21NO2. The van der Waals surface area contributed by atoms with Crippen LogP contribution in [0.25, 0.3) is 0 Å². The number of hydrogen-bond donors (Lipinski definition) is 2. The fourth-order valence-electron chi connectivity index (χ4n) is 1.97. The number of ether oxygens (including phenoxy) is 1. The molecule has 0 heterocycles. The van der Waals surface area contributed by atoms with Crippen LogP contribution >= 0.6 is 0 Å². The second-order valence-electron chi connectivity index (χ2n) is 4.94. The lowest BCUT2D eigenvalue weighted by molar-refractivity contribution is 0.304. The molecule has 3 N–H and O–H groups in total. The highest BCUT2D eigenvalue weighted by Crippen LogP contribution is 2.25. The van der Waals surface area contributed by atoms with Gasteiger partial charge in [0.05, 0.1) is 0 Å². The lowest BCUT2D eigenvalue weighted by Gasteiger charge is -2.12. The molecule has 0 aliphatic carbocycles. The van der Waals surface area contributed by atoms with Crippen LogP contribution in [0.3, 0.4) is 0 Å². The maximum Gasteiger partial charge on any atom is 0.123 e. The molecule has 20 heavy (non-hydrogen) atoms. The van der Waals surface area contributed by atoms with Crippen LogP contribution in [0.1, 0.15) is 24.5 Å². The Balaban J connectivity index is 1.98. The van der Waals surface area contributed by atoms with Gasteiger partial charge in [0, 0.05) is 12.1 Å². The fraction of sp³-hybridized carbons (Fsp3) is 0.294. The first-order chi connectivity index (χ1) is 9.69. The van der Waals surface area contributed by atoms with Crippen molar-refractivity contribution in [1.82, 2.24) is 0 Å². The van der Waals surface area contributed by atoms with Gasteiger partial charge < -0.3 is 15.6 Å². The molecule has 2 rings (SSSR count). The van der Waals surface area contributed by atoms with E-state index < -0.39 is 0 Å². The minimum absolute atomic E-state index is 0.0805. The van der Waals surface area contributed by atoms with Crippen LogP contribution in [-0.4, -0.2) is 11.1 Å². The van der Waals surface area contributed by atoms with Crippen LogP contribution in [0, 0.1) is 0 Å². The standard InChI is InChI=1S/C17H21NO2/c1-2-15(18)10-14-8-9-16(11-17(14)19)20-12-13-6-4-3-5-7-13/h3-9,11,15,19H,2,10,12,18H2,1H3. The van der Waals surface area contributed by atoms with Crippen LogP contribution < -0.4 is 10.5 Å². The van der Waals surface area contributed by atoms with E-state index in [1.165, 1.54) is 0 Å². The SMILES string of the molecule is CCC(N)Cc1ccc(OCc2ccccc2)cc1O. The van der Waals surface area contributed by atoms with E-state index in [2.05, 4.69) is 0 Å². The second-order valence-corrected chi connectivity index (χ2v) is 4.94. The number of nitrogens with two attached hydrogens (primary N) is 1. The van der Waals surface area contributed by atoms with Crippen LogP contribution in [0.15, 0.2) is 48.5 Å². The van der Waals surface area contributed by atoms with Gasteiger partial charge in [-0.05, 0) is 30.0 Å². The molecule has 0 aliphatic rings. The summed E-state index contributed by atoms with van der Waals surface area (Å²) in [5.41, 5.74) is 7.87. The van der Waals surface area contributed by atoms with Gasteiger partial charge in [-0.1, -0.05) is 43.3 Å². The van der Waals surface area contributed by atoms with Gasteiger partial charge in [-0.2, -0.15) is 0 Å². The molecule has 2 aromatic rings. The van der Waals surface area contributed by atoms with E-state index >= 15 is 0 Å². The first-order valence-corrected chi connectivity index (χ1v) is 6.93. The molecule has 0 aliphatic heterocycles. The molecular weight excluding hydrogens is 250 g/mol. The Morgan fingerprint density at radius 3 is 2.55 bits per heavy atom. The summed E-state index contributed by atoms with van der Waals surface area (Å²) in [6.45, 7) is 2.53. The average Bonchev–Trinajstić information content (AvgIpc) is 2.48. The average molecular weight is 271 g/mol. The highest BCUT2D eigenvalue weighted by atomic mass is 16.5. The van der Waals surface area contributed by atoms with Gasteiger partial charge in [0.25, 0.3) is 0 Å². The first kappa shape index (κ1) is 14.4. The van der Waals surface area contributed by atoms with Crippen LogP contribution in [0.4, 0.5) is 0 Å². The molecule has 1 atom stereocenters.